The first-order chi connectivity index (χ1) is 8.06. The van der Waals surface area contributed by atoms with Gasteiger partial charge in [-0.25, -0.2) is 0 Å². The lowest BCUT2D eigenvalue weighted by molar-refractivity contribution is 0.0869. The van der Waals surface area contributed by atoms with Crippen LogP contribution in [0.3, 0.4) is 0 Å². The topological polar surface area (TPSA) is 58.6 Å². The van der Waals surface area contributed by atoms with E-state index in [1.54, 1.807) is 25.1 Å². The zero-order valence-electron chi connectivity index (χ0n) is 10.5. The number of phenolic OH excluding ortho intramolecular Hbond substituents is 1. The number of ether oxygens (including phenoxy) is 1. The first-order valence-electron chi connectivity index (χ1n) is 5.73. The third kappa shape index (κ3) is 3.75. The first-order valence-corrected chi connectivity index (χ1v) is 5.73. The number of aromatic hydroxyl groups is 1. The number of aryl methyl sites for hydroxylation is 1. The van der Waals surface area contributed by atoms with Crippen molar-refractivity contribution in [2.45, 2.75) is 26.8 Å². The Morgan fingerprint density at radius 1 is 1.53 bits per heavy atom. The van der Waals surface area contributed by atoms with Gasteiger partial charge in [-0.1, -0.05) is 12.1 Å². The van der Waals surface area contributed by atoms with Crippen molar-refractivity contribution in [1.29, 1.82) is 0 Å². The SMILES string of the molecule is CCOCC(C)NC(=O)c1cccc(C)c1O. The highest BCUT2D eigenvalue weighted by atomic mass is 16.5. The Morgan fingerprint density at radius 2 is 2.24 bits per heavy atom. The number of phenols is 1. The van der Waals surface area contributed by atoms with Gasteiger partial charge in [0.15, 0.2) is 0 Å². The summed E-state index contributed by atoms with van der Waals surface area (Å²) in [4.78, 5) is 11.9. The molecule has 0 saturated heterocycles. The standard InChI is InChI=1S/C13H19NO3/c1-4-17-8-10(3)14-13(16)11-7-5-6-9(2)12(11)15/h5-7,10,15H,4,8H2,1-3H3,(H,14,16). The Balaban J connectivity index is 2.67. The Morgan fingerprint density at radius 3 is 2.88 bits per heavy atom. The lowest BCUT2D eigenvalue weighted by atomic mass is 10.1. The molecule has 1 atom stereocenters. The van der Waals surface area contributed by atoms with Crippen molar-refractivity contribution in [3.63, 3.8) is 0 Å². The summed E-state index contributed by atoms with van der Waals surface area (Å²) >= 11 is 0. The second kappa shape index (κ2) is 6.25. The molecule has 2 N–H and O–H groups in total. The maximum Gasteiger partial charge on any atom is 0.255 e. The molecule has 17 heavy (non-hydrogen) atoms. The van der Waals surface area contributed by atoms with Gasteiger partial charge in [-0.3, -0.25) is 4.79 Å². The molecule has 0 heterocycles. The van der Waals surface area contributed by atoms with E-state index in [1.807, 2.05) is 13.8 Å². The van der Waals surface area contributed by atoms with E-state index in [1.165, 1.54) is 0 Å². The molecule has 0 radical (unpaired) electrons. The number of amides is 1. The van der Waals surface area contributed by atoms with Gasteiger partial charge >= 0.3 is 0 Å². The first kappa shape index (κ1) is 13.5. The number of carbonyl (C=O) groups excluding carboxylic acids is 1. The molecule has 0 saturated carbocycles. The van der Waals surface area contributed by atoms with Gasteiger partial charge in [0.2, 0.25) is 0 Å². The molecule has 0 aromatic heterocycles. The molecule has 0 fully saturated rings. The largest absolute Gasteiger partial charge is 0.507 e. The summed E-state index contributed by atoms with van der Waals surface area (Å²) in [5.41, 5.74) is 0.989. The molecule has 0 aliphatic rings. The van der Waals surface area contributed by atoms with Gasteiger partial charge in [0, 0.05) is 12.6 Å². The van der Waals surface area contributed by atoms with Crippen LogP contribution in [-0.2, 0) is 4.74 Å². The summed E-state index contributed by atoms with van der Waals surface area (Å²) in [6.07, 6.45) is 0. The second-order valence-corrected chi connectivity index (χ2v) is 4.01. The second-order valence-electron chi connectivity index (χ2n) is 4.01. The van der Waals surface area contributed by atoms with Crippen molar-refractivity contribution in [2.24, 2.45) is 0 Å². The van der Waals surface area contributed by atoms with E-state index < -0.39 is 0 Å². The van der Waals surface area contributed by atoms with Gasteiger partial charge in [-0.2, -0.15) is 0 Å². The molecule has 0 aliphatic heterocycles. The number of rotatable bonds is 5. The number of hydrogen-bond donors (Lipinski definition) is 2. The highest BCUT2D eigenvalue weighted by Crippen LogP contribution is 2.21. The Kier molecular flexibility index (Phi) is 4.97. The molecule has 94 valence electrons. The van der Waals surface area contributed by atoms with Crippen LogP contribution in [0, 0.1) is 6.92 Å². The van der Waals surface area contributed by atoms with Crippen molar-refractivity contribution in [3.05, 3.63) is 29.3 Å². The van der Waals surface area contributed by atoms with E-state index in [9.17, 15) is 9.90 Å². The number of hydrogen-bond acceptors (Lipinski definition) is 3. The zero-order valence-corrected chi connectivity index (χ0v) is 10.5. The van der Waals surface area contributed by atoms with E-state index in [-0.39, 0.29) is 17.7 Å². The third-order valence-electron chi connectivity index (χ3n) is 2.43. The highest BCUT2D eigenvalue weighted by Gasteiger charge is 2.14. The quantitative estimate of drug-likeness (QED) is 0.821. The van der Waals surface area contributed by atoms with Gasteiger partial charge in [-0.05, 0) is 32.4 Å². The van der Waals surface area contributed by atoms with Crippen molar-refractivity contribution in [3.8, 4) is 5.75 Å². The van der Waals surface area contributed by atoms with Gasteiger partial charge in [0.25, 0.3) is 5.91 Å². The van der Waals surface area contributed by atoms with Crippen molar-refractivity contribution in [2.75, 3.05) is 13.2 Å². The molecule has 1 aromatic carbocycles. The molecular formula is C13H19NO3. The van der Waals surface area contributed by atoms with Gasteiger partial charge in [0.1, 0.15) is 5.75 Å². The molecule has 1 rings (SSSR count). The van der Waals surface area contributed by atoms with Gasteiger partial charge < -0.3 is 15.2 Å². The lowest BCUT2D eigenvalue weighted by Crippen LogP contribution is -2.35. The van der Waals surface area contributed by atoms with E-state index in [0.29, 0.717) is 24.3 Å². The minimum absolute atomic E-state index is 0.0357. The van der Waals surface area contributed by atoms with Crippen LogP contribution in [-0.4, -0.2) is 30.3 Å². The Bertz CT molecular complexity index is 390. The van der Waals surface area contributed by atoms with Crippen molar-refractivity contribution < 1.29 is 14.6 Å². The van der Waals surface area contributed by atoms with E-state index >= 15 is 0 Å². The Labute approximate surface area is 102 Å². The molecule has 4 heteroatoms. The lowest BCUT2D eigenvalue weighted by Gasteiger charge is -2.14. The van der Waals surface area contributed by atoms with Crippen molar-refractivity contribution in [1.82, 2.24) is 5.32 Å². The van der Waals surface area contributed by atoms with Crippen LogP contribution in [0.25, 0.3) is 0 Å². The number of carbonyl (C=O) groups is 1. The van der Waals surface area contributed by atoms with Crippen LogP contribution in [0.1, 0.15) is 29.8 Å². The predicted molar refractivity (Wildman–Crippen MR) is 66.3 cm³/mol. The van der Waals surface area contributed by atoms with Crippen LogP contribution in [0.4, 0.5) is 0 Å². The fraction of sp³-hybridized carbons (Fsp3) is 0.462. The monoisotopic (exact) mass is 237 g/mol. The summed E-state index contributed by atoms with van der Waals surface area (Å²) in [6, 6.07) is 5.03. The van der Waals surface area contributed by atoms with E-state index in [4.69, 9.17) is 4.74 Å². The minimum atomic E-state index is -0.279. The maximum atomic E-state index is 11.9. The summed E-state index contributed by atoms with van der Waals surface area (Å²) in [6.45, 7) is 6.61. The summed E-state index contributed by atoms with van der Waals surface area (Å²) in [5, 5.41) is 12.5. The molecular weight excluding hydrogens is 218 g/mol. The van der Waals surface area contributed by atoms with E-state index in [2.05, 4.69) is 5.32 Å². The number of nitrogens with one attached hydrogen (secondary N) is 1. The molecule has 0 bridgehead atoms. The predicted octanol–water partition coefficient (Wildman–Crippen LogP) is 1.86. The molecule has 1 unspecified atom stereocenters. The van der Waals surface area contributed by atoms with E-state index in [0.717, 1.165) is 0 Å². The summed E-state index contributed by atoms with van der Waals surface area (Å²) in [7, 11) is 0. The average Bonchev–Trinajstić information content (AvgIpc) is 2.29. The average molecular weight is 237 g/mol. The molecule has 1 amide bonds. The summed E-state index contributed by atoms with van der Waals surface area (Å²) in [5.74, 6) is -0.244. The molecule has 0 spiro atoms. The fourth-order valence-corrected chi connectivity index (χ4v) is 1.48. The van der Waals surface area contributed by atoms with Crippen LogP contribution in [0.15, 0.2) is 18.2 Å². The minimum Gasteiger partial charge on any atom is -0.507 e. The van der Waals surface area contributed by atoms with Crippen molar-refractivity contribution >= 4 is 5.91 Å². The van der Waals surface area contributed by atoms with Gasteiger partial charge in [0.05, 0.1) is 12.2 Å². The highest BCUT2D eigenvalue weighted by molar-refractivity contribution is 5.97. The molecule has 1 aromatic rings. The summed E-state index contributed by atoms with van der Waals surface area (Å²) < 4.78 is 5.21. The van der Waals surface area contributed by atoms with Crippen LogP contribution in [0.2, 0.25) is 0 Å². The van der Waals surface area contributed by atoms with Crippen LogP contribution < -0.4 is 5.32 Å². The Hall–Kier alpha value is -1.55. The maximum absolute atomic E-state index is 11.9. The van der Waals surface area contributed by atoms with Crippen LogP contribution >= 0.6 is 0 Å². The number of para-hydroxylation sites is 1. The smallest absolute Gasteiger partial charge is 0.255 e. The number of benzene rings is 1. The zero-order chi connectivity index (χ0) is 12.8. The molecule has 0 aliphatic carbocycles. The van der Waals surface area contributed by atoms with Gasteiger partial charge in [-0.15, -0.1) is 0 Å². The normalized spacial score (nSPS) is 12.2. The third-order valence-corrected chi connectivity index (χ3v) is 2.43. The van der Waals surface area contributed by atoms with Crippen LogP contribution in [0.5, 0.6) is 5.75 Å². The fourth-order valence-electron chi connectivity index (χ4n) is 1.48. The molecule has 4 nitrogen and oxygen atoms in total.